The molecule has 8 nitrogen and oxygen atoms in total. The first kappa shape index (κ1) is 21.9. The number of nitrogens with one attached hydrogen (secondary N) is 1. The van der Waals surface area contributed by atoms with Gasteiger partial charge in [0.05, 0.1) is 22.8 Å². The molecule has 0 spiro atoms. The molecular formula is C25H26FN5O3. The van der Waals surface area contributed by atoms with Crippen LogP contribution in [0, 0.1) is 0 Å². The number of imidazole rings is 1. The fourth-order valence-corrected chi connectivity index (χ4v) is 4.88. The number of nitrogens with zero attached hydrogens (tertiary/aromatic N) is 4. The number of alkyl halides is 1. The SMILES string of the molecule is CCn1c(-c2nc3cc(C(=O)N4CC[C@H](F)[C@H](NC(=O)O)C4)ccc3n2C)cc2ccccc21. The number of aromatic nitrogens is 3. The molecule has 2 aromatic heterocycles. The number of carbonyl (C=O) groups is 2. The van der Waals surface area contributed by atoms with Crippen molar-refractivity contribution in [1.82, 2.24) is 24.3 Å². The molecule has 1 fully saturated rings. The van der Waals surface area contributed by atoms with Crippen LogP contribution in [0.15, 0.2) is 48.5 Å². The van der Waals surface area contributed by atoms with Crippen molar-refractivity contribution in [1.29, 1.82) is 0 Å². The van der Waals surface area contributed by atoms with Crippen molar-refractivity contribution >= 4 is 33.9 Å². The number of hydrogen-bond donors (Lipinski definition) is 2. The lowest BCUT2D eigenvalue weighted by Gasteiger charge is -2.34. The fraction of sp³-hybridized carbons (Fsp3) is 0.320. The highest BCUT2D eigenvalue weighted by Crippen LogP contribution is 2.30. The number of amides is 2. The number of benzene rings is 2. The summed E-state index contributed by atoms with van der Waals surface area (Å²) in [6.07, 6.45) is -2.52. The first-order chi connectivity index (χ1) is 16.4. The molecule has 2 N–H and O–H groups in total. The van der Waals surface area contributed by atoms with E-state index < -0.39 is 18.3 Å². The third-order valence-corrected chi connectivity index (χ3v) is 6.61. The van der Waals surface area contributed by atoms with Gasteiger partial charge in [0, 0.05) is 43.1 Å². The number of para-hydroxylation sites is 1. The standard InChI is InChI=1S/C25H26FN5O3/c1-3-31-20-7-5-4-6-15(20)13-22(31)23-27-18-12-16(8-9-21(18)29(23)2)24(32)30-11-10-17(26)19(14-30)28-25(33)34/h4-9,12-13,17,19,28H,3,10-11,14H2,1-2H3,(H,33,34)/t17-,19+/m0/s1. The Hall–Kier alpha value is -3.88. The molecule has 1 aliphatic heterocycles. The van der Waals surface area contributed by atoms with E-state index in [1.807, 2.05) is 29.8 Å². The number of fused-ring (bicyclic) bond motifs is 2. The van der Waals surface area contributed by atoms with Crippen LogP contribution >= 0.6 is 0 Å². The average molecular weight is 464 g/mol. The largest absolute Gasteiger partial charge is 0.465 e. The summed E-state index contributed by atoms with van der Waals surface area (Å²) in [5, 5.41) is 12.3. The van der Waals surface area contributed by atoms with Crippen molar-refractivity contribution in [3.05, 3.63) is 54.1 Å². The summed E-state index contributed by atoms with van der Waals surface area (Å²) in [6, 6.07) is 14.8. The van der Waals surface area contributed by atoms with Gasteiger partial charge in [-0.1, -0.05) is 18.2 Å². The van der Waals surface area contributed by atoms with Gasteiger partial charge in [-0.25, -0.2) is 14.2 Å². The van der Waals surface area contributed by atoms with Crippen LogP contribution in [0.25, 0.3) is 33.5 Å². The molecule has 176 valence electrons. The number of carboxylic acid groups (broad SMARTS) is 1. The van der Waals surface area contributed by atoms with Gasteiger partial charge >= 0.3 is 6.09 Å². The van der Waals surface area contributed by atoms with Gasteiger partial charge in [-0.05, 0) is 43.7 Å². The minimum atomic E-state index is -1.31. The lowest BCUT2D eigenvalue weighted by molar-refractivity contribution is 0.0590. The summed E-state index contributed by atoms with van der Waals surface area (Å²) < 4.78 is 18.4. The van der Waals surface area contributed by atoms with Gasteiger partial charge < -0.3 is 24.5 Å². The summed E-state index contributed by atoms with van der Waals surface area (Å²) in [7, 11) is 1.96. The van der Waals surface area contributed by atoms with Gasteiger partial charge in [0.25, 0.3) is 5.91 Å². The highest BCUT2D eigenvalue weighted by Gasteiger charge is 2.33. The maximum atomic E-state index is 14.1. The van der Waals surface area contributed by atoms with E-state index in [9.17, 15) is 14.0 Å². The highest BCUT2D eigenvalue weighted by molar-refractivity contribution is 5.98. The summed E-state index contributed by atoms with van der Waals surface area (Å²) in [5.74, 6) is 0.544. The van der Waals surface area contributed by atoms with Crippen LogP contribution < -0.4 is 5.32 Å². The molecule has 0 radical (unpaired) electrons. The van der Waals surface area contributed by atoms with Crippen LogP contribution in [-0.2, 0) is 13.6 Å². The van der Waals surface area contributed by atoms with Crippen LogP contribution in [0.5, 0.6) is 0 Å². The van der Waals surface area contributed by atoms with E-state index in [4.69, 9.17) is 10.1 Å². The van der Waals surface area contributed by atoms with E-state index in [-0.39, 0.29) is 25.4 Å². The number of piperidine rings is 1. The van der Waals surface area contributed by atoms with Gasteiger partial charge in [-0.3, -0.25) is 4.79 Å². The predicted octanol–water partition coefficient (Wildman–Crippen LogP) is 4.04. The first-order valence-electron chi connectivity index (χ1n) is 11.3. The second kappa shape index (κ2) is 8.48. The Labute approximate surface area is 195 Å². The predicted molar refractivity (Wildman–Crippen MR) is 128 cm³/mol. The van der Waals surface area contributed by atoms with Crippen molar-refractivity contribution < 1.29 is 19.1 Å². The minimum absolute atomic E-state index is 0.00555. The summed E-state index contributed by atoms with van der Waals surface area (Å²) in [5.41, 5.74) is 4.18. The Morgan fingerprint density at radius 2 is 1.97 bits per heavy atom. The van der Waals surface area contributed by atoms with Crippen molar-refractivity contribution in [2.75, 3.05) is 13.1 Å². The lowest BCUT2D eigenvalue weighted by Crippen LogP contribution is -2.54. The van der Waals surface area contributed by atoms with Crippen LogP contribution in [0.3, 0.4) is 0 Å². The zero-order chi connectivity index (χ0) is 24.0. The number of rotatable bonds is 4. The summed E-state index contributed by atoms with van der Waals surface area (Å²) in [6.45, 7) is 3.13. The Kier molecular flexibility index (Phi) is 5.47. The monoisotopic (exact) mass is 463 g/mol. The van der Waals surface area contributed by atoms with Gasteiger partial charge in [0.2, 0.25) is 0 Å². The number of aryl methyl sites for hydroxylation is 2. The fourth-order valence-electron chi connectivity index (χ4n) is 4.88. The number of hydrogen-bond acceptors (Lipinski definition) is 3. The number of halogens is 1. The van der Waals surface area contributed by atoms with Crippen LogP contribution in [0.1, 0.15) is 23.7 Å². The third-order valence-electron chi connectivity index (χ3n) is 6.61. The van der Waals surface area contributed by atoms with Crippen LogP contribution in [-0.4, -0.2) is 61.4 Å². The zero-order valence-corrected chi connectivity index (χ0v) is 19.0. The molecule has 2 aromatic carbocycles. The Balaban J connectivity index is 1.48. The van der Waals surface area contributed by atoms with Gasteiger partial charge in [-0.15, -0.1) is 0 Å². The van der Waals surface area contributed by atoms with Crippen molar-refractivity contribution in [2.45, 2.75) is 32.1 Å². The molecular weight excluding hydrogens is 437 g/mol. The molecule has 0 aliphatic carbocycles. The molecule has 5 rings (SSSR count). The molecule has 1 aliphatic rings. The molecule has 9 heteroatoms. The molecule has 2 amide bonds. The van der Waals surface area contributed by atoms with Crippen LogP contribution in [0.4, 0.5) is 9.18 Å². The molecule has 0 saturated carbocycles. The Morgan fingerprint density at radius 1 is 1.18 bits per heavy atom. The second-order valence-corrected chi connectivity index (χ2v) is 8.64. The highest BCUT2D eigenvalue weighted by atomic mass is 19.1. The smallest absolute Gasteiger partial charge is 0.405 e. The normalized spacial score (nSPS) is 18.5. The average Bonchev–Trinajstić information content (AvgIpc) is 3.36. The Bertz CT molecular complexity index is 1410. The zero-order valence-electron chi connectivity index (χ0n) is 19.0. The minimum Gasteiger partial charge on any atom is -0.465 e. The lowest BCUT2D eigenvalue weighted by atomic mass is 10.0. The van der Waals surface area contributed by atoms with Gasteiger partial charge in [0.1, 0.15) is 6.17 Å². The maximum Gasteiger partial charge on any atom is 0.405 e. The molecule has 1 saturated heterocycles. The van der Waals surface area contributed by atoms with E-state index in [2.05, 4.69) is 35.0 Å². The van der Waals surface area contributed by atoms with E-state index in [0.717, 1.165) is 34.5 Å². The summed E-state index contributed by atoms with van der Waals surface area (Å²) in [4.78, 5) is 30.5. The number of carbonyl (C=O) groups excluding carboxylic acids is 1. The van der Waals surface area contributed by atoms with E-state index in [0.29, 0.717) is 11.1 Å². The van der Waals surface area contributed by atoms with E-state index >= 15 is 0 Å². The maximum absolute atomic E-state index is 14.1. The van der Waals surface area contributed by atoms with E-state index in [1.165, 1.54) is 4.90 Å². The Morgan fingerprint density at radius 3 is 2.74 bits per heavy atom. The molecule has 4 aromatic rings. The van der Waals surface area contributed by atoms with Crippen LogP contribution in [0.2, 0.25) is 0 Å². The topological polar surface area (TPSA) is 92.4 Å². The van der Waals surface area contributed by atoms with Crippen molar-refractivity contribution in [2.24, 2.45) is 7.05 Å². The van der Waals surface area contributed by atoms with Gasteiger partial charge in [-0.2, -0.15) is 0 Å². The van der Waals surface area contributed by atoms with Crippen molar-refractivity contribution in [3.8, 4) is 11.5 Å². The second-order valence-electron chi connectivity index (χ2n) is 8.64. The molecule has 2 atom stereocenters. The molecule has 34 heavy (non-hydrogen) atoms. The molecule has 0 unspecified atom stereocenters. The molecule has 3 heterocycles. The first-order valence-corrected chi connectivity index (χ1v) is 11.3. The third kappa shape index (κ3) is 3.67. The number of likely N-dealkylation sites (tertiary alicyclic amines) is 1. The molecule has 0 bridgehead atoms. The quantitative estimate of drug-likeness (QED) is 0.478. The summed E-state index contributed by atoms with van der Waals surface area (Å²) >= 11 is 0. The van der Waals surface area contributed by atoms with Gasteiger partial charge in [0.15, 0.2) is 5.82 Å². The van der Waals surface area contributed by atoms with Crippen molar-refractivity contribution in [3.63, 3.8) is 0 Å². The van der Waals surface area contributed by atoms with E-state index in [1.54, 1.807) is 12.1 Å².